The number of carbonyl (C=O) groups excluding carboxylic acids is 1. The molecular weight excluding hydrogens is 406 g/mol. The van der Waals surface area contributed by atoms with E-state index in [4.69, 9.17) is 9.84 Å². The van der Waals surface area contributed by atoms with Crippen molar-refractivity contribution in [2.24, 2.45) is 10.2 Å². The molecule has 0 fully saturated rings. The Morgan fingerprint density at radius 3 is 2.77 bits per heavy atom. The van der Waals surface area contributed by atoms with E-state index in [9.17, 15) is 4.79 Å². The number of fused-ring (bicyclic) bond motifs is 3. The van der Waals surface area contributed by atoms with E-state index >= 15 is 0 Å². The molecule has 1 N–H and O–H groups in total. The topological polar surface area (TPSA) is 63.1 Å². The Kier molecular flexibility index (Phi) is 4.89. The molecule has 5 nitrogen and oxygen atoms in total. The van der Waals surface area contributed by atoms with Crippen molar-refractivity contribution in [2.45, 2.75) is 53.1 Å². The molecule has 0 radical (unpaired) electrons. The number of thiophene rings is 1. The summed E-state index contributed by atoms with van der Waals surface area (Å²) in [5, 5.41) is 13.5. The van der Waals surface area contributed by atoms with E-state index in [2.05, 4.69) is 42.5 Å². The summed E-state index contributed by atoms with van der Waals surface area (Å²) in [6.45, 7) is 8.14. The monoisotopic (exact) mass is 431 g/mol. The molecule has 0 bridgehead atoms. The van der Waals surface area contributed by atoms with Gasteiger partial charge in [-0.1, -0.05) is 26.0 Å². The first kappa shape index (κ1) is 19.9. The van der Waals surface area contributed by atoms with E-state index in [0.29, 0.717) is 12.2 Å². The number of anilines is 1. The van der Waals surface area contributed by atoms with Gasteiger partial charge in [0.2, 0.25) is 0 Å². The fourth-order valence-corrected chi connectivity index (χ4v) is 5.56. The van der Waals surface area contributed by atoms with Gasteiger partial charge in [-0.25, -0.2) is 0 Å². The molecule has 31 heavy (non-hydrogen) atoms. The van der Waals surface area contributed by atoms with Crippen molar-refractivity contribution in [2.75, 3.05) is 5.32 Å². The molecule has 0 aliphatic carbocycles. The van der Waals surface area contributed by atoms with Gasteiger partial charge in [0.05, 0.1) is 10.6 Å². The molecule has 1 amide bonds. The van der Waals surface area contributed by atoms with Gasteiger partial charge < -0.3 is 10.1 Å². The zero-order valence-corrected chi connectivity index (χ0v) is 19.0. The van der Waals surface area contributed by atoms with Crippen LogP contribution in [0.2, 0.25) is 0 Å². The van der Waals surface area contributed by atoms with Crippen molar-refractivity contribution >= 4 is 44.4 Å². The van der Waals surface area contributed by atoms with Crippen LogP contribution in [0.25, 0.3) is 10.1 Å². The molecule has 2 aliphatic rings. The Balaban J connectivity index is 1.72. The van der Waals surface area contributed by atoms with E-state index in [-0.39, 0.29) is 5.91 Å². The number of benzene rings is 2. The number of nitrogens with zero attached hydrogens (tertiary/aromatic N) is 2. The molecule has 3 heterocycles. The smallest absolute Gasteiger partial charge is 0.265 e. The predicted octanol–water partition coefficient (Wildman–Crippen LogP) is 5.51. The number of carbonyl (C=O) groups is 1. The summed E-state index contributed by atoms with van der Waals surface area (Å²) in [6, 6.07) is 10.8. The first-order valence-electron chi connectivity index (χ1n) is 10.8. The highest BCUT2D eigenvalue weighted by atomic mass is 32.1. The average Bonchev–Trinajstić information content (AvgIpc) is 3.04. The van der Waals surface area contributed by atoms with E-state index < -0.39 is 6.10 Å². The maximum absolute atomic E-state index is 12.1. The van der Waals surface area contributed by atoms with Gasteiger partial charge >= 0.3 is 0 Å². The second-order valence-electron chi connectivity index (χ2n) is 8.16. The number of nitrogens with one attached hydrogen (secondary N) is 1. The van der Waals surface area contributed by atoms with Crippen molar-refractivity contribution in [3.05, 3.63) is 57.5 Å². The van der Waals surface area contributed by atoms with Crippen LogP contribution in [-0.4, -0.2) is 23.4 Å². The number of aryl methyl sites for hydroxylation is 2. The third-order valence-electron chi connectivity index (χ3n) is 5.99. The van der Waals surface area contributed by atoms with E-state index in [1.807, 2.05) is 19.1 Å². The minimum Gasteiger partial charge on any atom is -0.479 e. The molecule has 2 aromatic carbocycles. The minimum absolute atomic E-state index is 0.121. The Morgan fingerprint density at radius 2 is 2.00 bits per heavy atom. The SMILES string of the molecule is CCc1ccc2sc(C3=NN=C(C)Cc4cc5c(cc43)O[C@@H](C)C(=O)N5)c(CC)c2c1. The summed E-state index contributed by atoms with van der Waals surface area (Å²) in [4.78, 5) is 13.3. The van der Waals surface area contributed by atoms with Crippen molar-refractivity contribution in [3.63, 3.8) is 0 Å². The van der Waals surface area contributed by atoms with Crippen LogP contribution in [0.4, 0.5) is 5.69 Å². The first-order valence-corrected chi connectivity index (χ1v) is 11.6. The summed E-state index contributed by atoms with van der Waals surface area (Å²) in [7, 11) is 0. The number of amides is 1. The molecule has 1 atom stereocenters. The summed E-state index contributed by atoms with van der Waals surface area (Å²) in [5.74, 6) is 0.565. The second kappa shape index (κ2) is 7.61. The summed E-state index contributed by atoms with van der Waals surface area (Å²) < 4.78 is 7.18. The maximum Gasteiger partial charge on any atom is 0.265 e. The van der Waals surface area contributed by atoms with Crippen molar-refractivity contribution in [1.82, 2.24) is 0 Å². The Bertz CT molecular complexity index is 1290. The van der Waals surface area contributed by atoms with Gasteiger partial charge in [-0.05, 0) is 67.0 Å². The van der Waals surface area contributed by atoms with Gasteiger partial charge in [-0.2, -0.15) is 5.10 Å². The molecule has 0 saturated heterocycles. The zero-order valence-electron chi connectivity index (χ0n) is 18.2. The lowest BCUT2D eigenvalue weighted by molar-refractivity contribution is -0.122. The lowest BCUT2D eigenvalue weighted by Crippen LogP contribution is -2.34. The second-order valence-corrected chi connectivity index (χ2v) is 9.22. The van der Waals surface area contributed by atoms with E-state index in [1.54, 1.807) is 18.3 Å². The Labute approximate surface area is 185 Å². The number of hydrogen-bond donors (Lipinski definition) is 1. The van der Waals surface area contributed by atoms with Crippen LogP contribution in [-0.2, 0) is 24.1 Å². The third-order valence-corrected chi connectivity index (χ3v) is 7.21. The fraction of sp³-hybridized carbons (Fsp3) is 0.320. The maximum atomic E-state index is 12.1. The Morgan fingerprint density at radius 1 is 1.16 bits per heavy atom. The van der Waals surface area contributed by atoms with Crippen molar-refractivity contribution < 1.29 is 9.53 Å². The number of ether oxygens (including phenoxy) is 1. The standard InChI is InChI=1S/C25H25N3O2S/c1-5-15-7-8-22-19(10-15)17(6-2)24(31-22)23-18-12-21-20(26-25(29)14(4)30-21)11-16(18)9-13(3)27-28-23/h7-8,10-12,14H,5-6,9H2,1-4H3,(H,26,29)/t14-/m0/s1. The molecule has 6 heteroatoms. The molecule has 3 aromatic rings. The summed E-state index contributed by atoms with van der Waals surface area (Å²) >= 11 is 1.78. The van der Waals surface area contributed by atoms with Crippen LogP contribution >= 0.6 is 11.3 Å². The fourth-order valence-electron chi connectivity index (χ4n) is 4.29. The van der Waals surface area contributed by atoms with E-state index in [0.717, 1.165) is 41.1 Å². The largest absolute Gasteiger partial charge is 0.479 e. The molecule has 0 unspecified atom stereocenters. The van der Waals surface area contributed by atoms with Crippen LogP contribution < -0.4 is 10.1 Å². The quantitative estimate of drug-likeness (QED) is 0.594. The van der Waals surface area contributed by atoms with Crippen LogP contribution in [0.3, 0.4) is 0 Å². The van der Waals surface area contributed by atoms with Gasteiger partial charge in [0, 0.05) is 22.4 Å². The first-order chi connectivity index (χ1) is 15.0. The van der Waals surface area contributed by atoms with E-state index in [1.165, 1.54) is 26.1 Å². The van der Waals surface area contributed by atoms with Crippen LogP contribution in [0.5, 0.6) is 5.75 Å². The van der Waals surface area contributed by atoms with Gasteiger partial charge in [0.15, 0.2) is 6.10 Å². The predicted molar refractivity (Wildman–Crippen MR) is 128 cm³/mol. The molecule has 5 rings (SSSR count). The van der Waals surface area contributed by atoms with Gasteiger partial charge in [0.25, 0.3) is 5.91 Å². The van der Waals surface area contributed by atoms with Crippen LogP contribution in [0, 0.1) is 0 Å². The van der Waals surface area contributed by atoms with Gasteiger partial charge in [-0.3, -0.25) is 4.79 Å². The highest BCUT2D eigenvalue weighted by Crippen LogP contribution is 2.39. The lowest BCUT2D eigenvalue weighted by Gasteiger charge is -2.25. The average molecular weight is 432 g/mol. The third kappa shape index (κ3) is 3.35. The number of rotatable bonds is 3. The molecule has 2 aliphatic heterocycles. The molecule has 1 aromatic heterocycles. The zero-order chi connectivity index (χ0) is 21.7. The molecular formula is C25H25N3O2S. The summed E-state index contributed by atoms with van der Waals surface area (Å²) in [5.41, 5.74) is 7.34. The summed E-state index contributed by atoms with van der Waals surface area (Å²) in [6.07, 6.45) is 2.12. The van der Waals surface area contributed by atoms with Gasteiger partial charge in [0.1, 0.15) is 11.5 Å². The van der Waals surface area contributed by atoms with Gasteiger partial charge in [-0.15, -0.1) is 16.4 Å². The Hall–Kier alpha value is -2.99. The molecule has 158 valence electrons. The minimum atomic E-state index is -0.516. The van der Waals surface area contributed by atoms with Crippen LogP contribution in [0.15, 0.2) is 40.5 Å². The normalized spacial score (nSPS) is 17.8. The van der Waals surface area contributed by atoms with Crippen LogP contribution in [0.1, 0.15) is 54.8 Å². The highest BCUT2D eigenvalue weighted by Gasteiger charge is 2.28. The lowest BCUT2D eigenvalue weighted by atomic mass is 9.94. The highest BCUT2D eigenvalue weighted by molar-refractivity contribution is 7.21. The van der Waals surface area contributed by atoms with Crippen molar-refractivity contribution in [1.29, 1.82) is 0 Å². The van der Waals surface area contributed by atoms with Crippen molar-refractivity contribution in [3.8, 4) is 5.75 Å². The number of hydrogen-bond acceptors (Lipinski definition) is 5. The molecule has 0 spiro atoms. The molecule has 0 saturated carbocycles.